The van der Waals surface area contributed by atoms with E-state index in [4.69, 9.17) is 14.6 Å². The number of rotatable bonds is 3. The molecule has 0 spiro atoms. The van der Waals surface area contributed by atoms with Crippen molar-refractivity contribution >= 4 is 5.57 Å². The van der Waals surface area contributed by atoms with Crippen LogP contribution in [0.5, 0.6) is 5.88 Å². The number of hydrogen-bond donors (Lipinski definition) is 1. The van der Waals surface area contributed by atoms with Gasteiger partial charge < -0.3 is 14.6 Å². The summed E-state index contributed by atoms with van der Waals surface area (Å²) in [6, 6.07) is 1.74. The first-order chi connectivity index (χ1) is 12.2. The third kappa shape index (κ3) is 18.9. The minimum atomic E-state index is -0.500. The highest BCUT2D eigenvalue weighted by Crippen LogP contribution is 2.18. The number of hydrogen-bond acceptors (Lipinski definition) is 5. The van der Waals surface area contributed by atoms with Crippen LogP contribution in [0.1, 0.15) is 80.0 Å². The van der Waals surface area contributed by atoms with Gasteiger partial charge in [0, 0.05) is 12.3 Å². The molecule has 0 amide bonds. The summed E-state index contributed by atoms with van der Waals surface area (Å²) in [5.41, 5.74) is 0.634. The summed E-state index contributed by atoms with van der Waals surface area (Å²) < 4.78 is 10.3. The summed E-state index contributed by atoms with van der Waals surface area (Å²) in [4.78, 5) is 8.45. The Morgan fingerprint density at radius 3 is 2.08 bits per heavy atom. The molecule has 1 aromatic heterocycles. The van der Waals surface area contributed by atoms with Gasteiger partial charge in [0.15, 0.2) is 5.82 Å². The van der Waals surface area contributed by atoms with Gasteiger partial charge in [-0.25, -0.2) is 4.98 Å². The lowest BCUT2D eigenvalue weighted by Crippen LogP contribution is -2.10. The maximum Gasteiger partial charge on any atom is 0.216 e. The zero-order valence-corrected chi connectivity index (χ0v) is 18.1. The van der Waals surface area contributed by atoms with Crippen LogP contribution in [0.2, 0.25) is 0 Å². The first-order valence-electron chi connectivity index (χ1n) is 9.59. The number of ether oxygens (including phenoxy) is 2. The van der Waals surface area contributed by atoms with Gasteiger partial charge in [0.05, 0.1) is 25.9 Å². The van der Waals surface area contributed by atoms with Crippen LogP contribution >= 0.6 is 0 Å². The van der Waals surface area contributed by atoms with Gasteiger partial charge in [0.1, 0.15) is 0 Å². The van der Waals surface area contributed by atoms with E-state index in [0.717, 1.165) is 24.4 Å². The molecule has 0 saturated heterocycles. The Kier molecular flexibility index (Phi) is 17.5. The second-order valence-corrected chi connectivity index (χ2v) is 6.85. The average molecular weight is 369 g/mol. The highest BCUT2D eigenvalue weighted by molar-refractivity contribution is 5.60. The van der Waals surface area contributed by atoms with E-state index in [0.29, 0.717) is 12.5 Å². The van der Waals surface area contributed by atoms with Crippen molar-refractivity contribution < 1.29 is 14.6 Å². The molecule has 0 unspecified atom stereocenters. The molecule has 5 nitrogen and oxygen atoms in total. The lowest BCUT2D eigenvalue weighted by Gasteiger charge is -2.12. The Morgan fingerprint density at radius 1 is 1.15 bits per heavy atom. The Morgan fingerprint density at radius 2 is 1.69 bits per heavy atom. The third-order valence-corrected chi connectivity index (χ3v) is 2.59. The number of nitrogens with zero attached hydrogens (tertiary/aromatic N) is 2. The minimum Gasteiger partial charge on any atom is -0.481 e. The quantitative estimate of drug-likeness (QED) is 0.785. The first-order valence-corrected chi connectivity index (χ1v) is 9.59. The normalized spacial score (nSPS) is 12.9. The molecule has 1 aliphatic rings. The van der Waals surface area contributed by atoms with Crippen LogP contribution in [0.3, 0.4) is 0 Å². The molecular formula is C21H40N2O3. The predicted octanol–water partition coefficient (Wildman–Crippen LogP) is 5.29. The van der Waals surface area contributed by atoms with Crippen LogP contribution < -0.4 is 4.74 Å². The number of methoxy groups -OCH3 is 1. The van der Waals surface area contributed by atoms with Crippen LogP contribution in [0.25, 0.3) is 5.57 Å². The van der Waals surface area contributed by atoms with Crippen LogP contribution in [-0.2, 0) is 4.74 Å². The molecule has 0 atom stereocenters. The van der Waals surface area contributed by atoms with Crippen LogP contribution in [0.15, 0.2) is 18.3 Å². The van der Waals surface area contributed by atoms with Crippen molar-refractivity contribution in [3.63, 3.8) is 0 Å². The summed E-state index contributed by atoms with van der Waals surface area (Å²) >= 11 is 0. The second-order valence-electron chi connectivity index (χ2n) is 6.85. The summed E-state index contributed by atoms with van der Waals surface area (Å²) in [5, 5.41) is 8.52. The zero-order valence-electron chi connectivity index (χ0n) is 18.1. The van der Waals surface area contributed by atoms with Crippen molar-refractivity contribution in [2.45, 2.75) is 79.8 Å². The van der Waals surface area contributed by atoms with Crippen LogP contribution in [0, 0.1) is 0 Å². The SMILES string of the molecule is CC(C)(C)O.CCC.CCCC.COc1ccnc(C2=CCOCC2)n1. The van der Waals surface area contributed by atoms with Gasteiger partial charge in [-0.05, 0) is 32.8 Å². The molecule has 0 radical (unpaired) electrons. The van der Waals surface area contributed by atoms with E-state index >= 15 is 0 Å². The molecule has 0 saturated carbocycles. The highest BCUT2D eigenvalue weighted by atomic mass is 16.5. The molecule has 0 aromatic carbocycles. The van der Waals surface area contributed by atoms with E-state index in [2.05, 4.69) is 37.7 Å². The second kappa shape index (κ2) is 17.0. The van der Waals surface area contributed by atoms with Gasteiger partial charge in [-0.3, -0.25) is 0 Å². The van der Waals surface area contributed by atoms with E-state index in [1.807, 2.05) is 6.08 Å². The summed E-state index contributed by atoms with van der Waals surface area (Å²) in [7, 11) is 1.60. The van der Waals surface area contributed by atoms with Crippen molar-refractivity contribution in [3.8, 4) is 5.88 Å². The molecule has 1 aromatic rings. The molecule has 1 N–H and O–H groups in total. The van der Waals surface area contributed by atoms with Crippen molar-refractivity contribution in [1.29, 1.82) is 0 Å². The molecular weight excluding hydrogens is 328 g/mol. The van der Waals surface area contributed by atoms with Gasteiger partial charge in [-0.15, -0.1) is 0 Å². The van der Waals surface area contributed by atoms with E-state index in [1.54, 1.807) is 40.1 Å². The van der Waals surface area contributed by atoms with E-state index < -0.39 is 5.60 Å². The Labute approximate surface area is 160 Å². The van der Waals surface area contributed by atoms with Crippen molar-refractivity contribution in [2.24, 2.45) is 0 Å². The topological polar surface area (TPSA) is 64.5 Å². The van der Waals surface area contributed by atoms with Gasteiger partial charge in [-0.2, -0.15) is 4.98 Å². The summed E-state index contributed by atoms with van der Waals surface area (Å²) in [6.45, 7) is 15.2. The molecule has 0 bridgehead atoms. The standard InChI is InChI=1S/C10H12N2O2.C4H10O.C4H10.C3H8/c1-13-9-2-5-11-10(12-9)8-3-6-14-7-4-8;1-4(2,3)5;1-3-4-2;1-3-2/h2-3,5H,4,6-7H2,1H3;5H,1-3H3;3-4H2,1-2H3;3H2,1-2H3. The van der Waals surface area contributed by atoms with E-state index in [-0.39, 0.29) is 0 Å². The molecule has 5 heteroatoms. The molecule has 2 rings (SSSR count). The molecule has 0 fully saturated rings. The zero-order chi connectivity index (χ0) is 20.4. The summed E-state index contributed by atoms with van der Waals surface area (Å²) in [5.74, 6) is 1.34. The molecule has 2 heterocycles. The lowest BCUT2D eigenvalue weighted by atomic mass is 10.1. The van der Waals surface area contributed by atoms with Gasteiger partial charge in [0.25, 0.3) is 0 Å². The largest absolute Gasteiger partial charge is 0.481 e. The van der Waals surface area contributed by atoms with E-state index in [1.165, 1.54) is 19.3 Å². The third-order valence-electron chi connectivity index (χ3n) is 2.59. The van der Waals surface area contributed by atoms with Gasteiger partial charge in [-0.1, -0.05) is 53.0 Å². The van der Waals surface area contributed by atoms with Crippen molar-refractivity contribution in [1.82, 2.24) is 9.97 Å². The van der Waals surface area contributed by atoms with Gasteiger partial charge >= 0.3 is 0 Å². The maximum atomic E-state index is 8.52. The fourth-order valence-corrected chi connectivity index (χ4v) is 1.34. The fourth-order valence-electron chi connectivity index (χ4n) is 1.34. The number of aromatic nitrogens is 2. The average Bonchev–Trinajstić information content (AvgIpc) is 2.62. The highest BCUT2D eigenvalue weighted by Gasteiger charge is 2.09. The first kappa shape index (κ1) is 26.8. The van der Waals surface area contributed by atoms with Crippen molar-refractivity contribution in [2.75, 3.05) is 20.3 Å². The monoisotopic (exact) mass is 368 g/mol. The number of unbranched alkanes of at least 4 members (excludes halogenated alkanes) is 1. The fraction of sp³-hybridized carbons (Fsp3) is 0.714. The van der Waals surface area contributed by atoms with E-state index in [9.17, 15) is 0 Å². The molecule has 0 aliphatic carbocycles. The van der Waals surface area contributed by atoms with Crippen LogP contribution in [0.4, 0.5) is 0 Å². The Balaban J connectivity index is 0. The maximum absolute atomic E-state index is 8.52. The molecule has 26 heavy (non-hydrogen) atoms. The molecule has 152 valence electrons. The Hall–Kier alpha value is -1.46. The van der Waals surface area contributed by atoms with Gasteiger partial charge in [0.2, 0.25) is 5.88 Å². The molecule has 1 aliphatic heterocycles. The predicted molar refractivity (Wildman–Crippen MR) is 111 cm³/mol. The minimum absolute atomic E-state index is 0.500. The Bertz CT molecular complexity index is 461. The van der Waals surface area contributed by atoms with Crippen LogP contribution in [-0.4, -0.2) is 41.0 Å². The lowest BCUT2D eigenvalue weighted by molar-refractivity contribution is 0.102. The smallest absolute Gasteiger partial charge is 0.216 e. The number of aliphatic hydroxyl groups is 1. The van der Waals surface area contributed by atoms with Crippen molar-refractivity contribution in [3.05, 3.63) is 24.2 Å². The summed E-state index contributed by atoms with van der Waals surface area (Å²) in [6.07, 6.45) is 8.48.